The van der Waals surface area contributed by atoms with E-state index in [1.165, 1.54) is 0 Å². The van der Waals surface area contributed by atoms with Gasteiger partial charge in [-0.25, -0.2) is 9.78 Å². The van der Waals surface area contributed by atoms with Crippen molar-refractivity contribution in [2.24, 2.45) is 7.05 Å². The number of oxazole rings is 1. The van der Waals surface area contributed by atoms with Crippen LogP contribution in [-0.4, -0.2) is 14.5 Å². The van der Waals surface area contributed by atoms with E-state index in [1.807, 2.05) is 23.7 Å². The SMILES string of the molecule is Cn1cnc(-c2ccc3oc(=O)[nH]c3c2)c1Br. The van der Waals surface area contributed by atoms with Gasteiger partial charge in [0.15, 0.2) is 5.58 Å². The van der Waals surface area contributed by atoms with Gasteiger partial charge in [0.25, 0.3) is 0 Å². The van der Waals surface area contributed by atoms with Crippen LogP contribution in [0.2, 0.25) is 0 Å². The number of rotatable bonds is 1. The molecule has 17 heavy (non-hydrogen) atoms. The molecule has 0 unspecified atom stereocenters. The van der Waals surface area contributed by atoms with Gasteiger partial charge in [-0.1, -0.05) is 0 Å². The van der Waals surface area contributed by atoms with E-state index in [-0.39, 0.29) is 0 Å². The average molecular weight is 294 g/mol. The fraction of sp³-hybridized carbons (Fsp3) is 0.0909. The first kappa shape index (κ1) is 10.3. The highest BCUT2D eigenvalue weighted by Gasteiger charge is 2.10. The number of aryl methyl sites for hydroxylation is 1. The first-order chi connectivity index (χ1) is 8.15. The summed E-state index contributed by atoms with van der Waals surface area (Å²) in [7, 11) is 1.90. The molecule has 0 aliphatic heterocycles. The Morgan fingerprint density at radius 2 is 2.29 bits per heavy atom. The molecule has 5 nitrogen and oxygen atoms in total. The van der Waals surface area contributed by atoms with Crippen LogP contribution < -0.4 is 5.76 Å². The van der Waals surface area contributed by atoms with Gasteiger partial charge in [0.05, 0.1) is 11.8 Å². The number of imidazole rings is 1. The largest absolute Gasteiger partial charge is 0.417 e. The molecular weight excluding hydrogens is 286 g/mol. The lowest BCUT2D eigenvalue weighted by atomic mass is 10.1. The number of hydrogen-bond acceptors (Lipinski definition) is 3. The number of H-pyrrole nitrogens is 1. The second-order valence-corrected chi connectivity index (χ2v) is 4.47. The summed E-state index contributed by atoms with van der Waals surface area (Å²) in [6.45, 7) is 0. The highest BCUT2D eigenvalue weighted by molar-refractivity contribution is 9.10. The standard InChI is InChI=1S/C11H8BrN3O2/c1-15-5-13-9(10(15)12)6-2-3-8-7(4-6)14-11(16)17-8/h2-5H,1H3,(H,14,16). The number of nitrogens with zero attached hydrogens (tertiary/aromatic N) is 2. The lowest BCUT2D eigenvalue weighted by Crippen LogP contribution is -1.92. The van der Waals surface area contributed by atoms with Gasteiger partial charge >= 0.3 is 5.76 Å². The van der Waals surface area contributed by atoms with Crippen LogP contribution in [0.4, 0.5) is 0 Å². The van der Waals surface area contributed by atoms with Gasteiger partial charge in [-0.15, -0.1) is 0 Å². The van der Waals surface area contributed by atoms with Crippen molar-refractivity contribution in [1.82, 2.24) is 14.5 Å². The van der Waals surface area contributed by atoms with Crippen LogP contribution in [0.3, 0.4) is 0 Å². The van der Waals surface area contributed by atoms with Crippen LogP contribution >= 0.6 is 15.9 Å². The molecule has 3 rings (SSSR count). The summed E-state index contributed by atoms with van der Waals surface area (Å²) in [5, 5.41) is 0. The molecule has 0 atom stereocenters. The normalized spacial score (nSPS) is 11.2. The summed E-state index contributed by atoms with van der Waals surface area (Å²) in [5.41, 5.74) is 2.97. The third-order valence-electron chi connectivity index (χ3n) is 2.56. The monoisotopic (exact) mass is 293 g/mol. The lowest BCUT2D eigenvalue weighted by molar-refractivity contribution is 0.555. The Labute approximate surface area is 104 Å². The van der Waals surface area contributed by atoms with E-state index in [1.54, 1.807) is 12.4 Å². The molecule has 2 heterocycles. The minimum Gasteiger partial charge on any atom is -0.408 e. The predicted octanol–water partition coefficient (Wildman–Crippen LogP) is 2.28. The van der Waals surface area contributed by atoms with Gasteiger partial charge in [0, 0.05) is 12.6 Å². The maximum Gasteiger partial charge on any atom is 0.417 e. The Bertz CT molecular complexity index is 754. The molecule has 0 aliphatic carbocycles. The van der Waals surface area contributed by atoms with Crippen molar-refractivity contribution < 1.29 is 4.42 Å². The minimum atomic E-state index is -0.447. The van der Waals surface area contributed by atoms with Gasteiger partial charge < -0.3 is 8.98 Å². The maximum atomic E-state index is 11.1. The fourth-order valence-corrected chi connectivity index (χ4v) is 2.13. The van der Waals surface area contributed by atoms with Crippen LogP contribution in [0.15, 0.2) is 38.3 Å². The van der Waals surface area contributed by atoms with Gasteiger partial charge in [0.1, 0.15) is 10.3 Å². The second-order valence-electron chi connectivity index (χ2n) is 3.72. The highest BCUT2D eigenvalue weighted by Crippen LogP contribution is 2.27. The molecule has 0 spiro atoms. The molecule has 86 valence electrons. The third-order valence-corrected chi connectivity index (χ3v) is 3.49. The Morgan fingerprint density at radius 1 is 1.47 bits per heavy atom. The quantitative estimate of drug-likeness (QED) is 0.749. The van der Waals surface area contributed by atoms with E-state index in [9.17, 15) is 4.79 Å². The van der Waals surface area contributed by atoms with Crippen molar-refractivity contribution in [2.75, 3.05) is 0 Å². The molecule has 0 saturated carbocycles. The summed E-state index contributed by atoms with van der Waals surface area (Å²) in [6, 6.07) is 5.46. The second kappa shape index (κ2) is 3.59. The van der Waals surface area contributed by atoms with Crippen LogP contribution in [0.5, 0.6) is 0 Å². The summed E-state index contributed by atoms with van der Waals surface area (Å²) in [5.74, 6) is -0.447. The Morgan fingerprint density at radius 3 is 3.00 bits per heavy atom. The summed E-state index contributed by atoms with van der Waals surface area (Å²) in [6.07, 6.45) is 1.72. The molecule has 0 radical (unpaired) electrons. The van der Waals surface area contributed by atoms with Crippen LogP contribution in [0.1, 0.15) is 0 Å². The Balaban J connectivity index is 2.24. The zero-order valence-corrected chi connectivity index (χ0v) is 10.5. The highest BCUT2D eigenvalue weighted by atomic mass is 79.9. The summed E-state index contributed by atoms with van der Waals surface area (Å²) >= 11 is 3.46. The van der Waals surface area contributed by atoms with Crippen molar-refractivity contribution in [3.8, 4) is 11.3 Å². The van der Waals surface area contributed by atoms with E-state index in [0.29, 0.717) is 11.1 Å². The van der Waals surface area contributed by atoms with Crippen molar-refractivity contribution in [2.45, 2.75) is 0 Å². The average Bonchev–Trinajstić information content (AvgIpc) is 2.81. The number of aromatic nitrogens is 3. The van der Waals surface area contributed by atoms with Crippen molar-refractivity contribution in [1.29, 1.82) is 0 Å². The molecule has 0 aliphatic rings. The molecule has 6 heteroatoms. The zero-order chi connectivity index (χ0) is 12.0. The van der Waals surface area contributed by atoms with Crippen LogP contribution in [0.25, 0.3) is 22.4 Å². The molecule has 0 fully saturated rings. The zero-order valence-electron chi connectivity index (χ0n) is 8.90. The summed E-state index contributed by atoms with van der Waals surface area (Å²) < 4.78 is 7.71. The van der Waals surface area contributed by atoms with Crippen molar-refractivity contribution in [3.05, 3.63) is 39.7 Å². The van der Waals surface area contributed by atoms with Gasteiger partial charge in [-0.2, -0.15) is 0 Å². The molecule has 0 saturated heterocycles. The smallest absolute Gasteiger partial charge is 0.408 e. The van der Waals surface area contributed by atoms with E-state index in [2.05, 4.69) is 25.9 Å². The molecule has 3 aromatic rings. The predicted molar refractivity (Wildman–Crippen MR) is 66.7 cm³/mol. The molecule has 2 aromatic heterocycles. The third kappa shape index (κ3) is 1.61. The van der Waals surface area contributed by atoms with Gasteiger partial charge in [-0.3, -0.25) is 4.98 Å². The molecule has 0 bridgehead atoms. The van der Waals surface area contributed by atoms with Gasteiger partial charge in [-0.05, 0) is 34.1 Å². The van der Waals surface area contributed by atoms with E-state index in [0.717, 1.165) is 15.9 Å². The van der Waals surface area contributed by atoms with Crippen LogP contribution in [-0.2, 0) is 7.05 Å². The molecule has 1 aromatic carbocycles. The number of halogens is 1. The van der Waals surface area contributed by atoms with E-state index >= 15 is 0 Å². The van der Waals surface area contributed by atoms with E-state index < -0.39 is 5.76 Å². The van der Waals surface area contributed by atoms with E-state index in [4.69, 9.17) is 4.42 Å². The van der Waals surface area contributed by atoms with Gasteiger partial charge in [0.2, 0.25) is 0 Å². The number of fused-ring (bicyclic) bond motifs is 1. The Hall–Kier alpha value is -1.82. The molecule has 1 N–H and O–H groups in total. The maximum absolute atomic E-state index is 11.1. The number of hydrogen-bond donors (Lipinski definition) is 1. The lowest BCUT2D eigenvalue weighted by Gasteiger charge is -1.98. The van der Waals surface area contributed by atoms with Crippen molar-refractivity contribution >= 4 is 27.0 Å². The number of aromatic amines is 1. The van der Waals surface area contributed by atoms with Crippen LogP contribution in [0, 0.1) is 0 Å². The number of nitrogens with one attached hydrogen (secondary N) is 1. The summed E-state index contributed by atoms with van der Waals surface area (Å²) in [4.78, 5) is 18.0. The Kier molecular flexibility index (Phi) is 2.19. The first-order valence-electron chi connectivity index (χ1n) is 4.95. The topological polar surface area (TPSA) is 63.8 Å². The molecular formula is C11H8BrN3O2. The minimum absolute atomic E-state index is 0.447. The van der Waals surface area contributed by atoms with Crippen molar-refractivity contribution in [3.63, 3.8) is 0 Å². The fourth-order valence-electron chi connectivity index (χ4n) is 1.71. The molecule has 0 amide bonds. The first-order valence-corrected chi connectivity index (χ1v) is 5.74. The number of benzene rings is 1.